The molecule has 2 rings (SSSR count). The number of rotatable bonds is 1. The molecule has 0 aliphatic carbocycles. The summed E-state index contributed by atoms with van der Waals surface area (Å²) in [5.74, 6) is 0.830. The zero-order valence-corrected chi connectivity index (χ0v) is 6.08. The number of fused-ring (bicyclic) bond motifs is 1. The summed E-state index contributed by atoms with van der Waals surface area (Å²) in [5.41, 5.74) is 1.81. The van der Waals surface area contributed by atoms with Crippen molar-refractivity contribution >= 4 is 0 Å². The maximum absolute atomic E-state index is 8.77. The highest BCUT2D eigenvalue weighted by atomic mass is 16.5. The lowest BCUT2D eigenvalue weighted by Crippen LogP contribution is -1.88. The quantitative estimate of drug-likeness (QED) is 0.635. The third-order valence-corrected chi connectivity index (χ3v) is 1.77. The van der Waals surface area contributed by atoms with Gasteiger partial charge in [0.2, 0.25) is 0 Å². The Bertz CT molecular complexity index is 273. The summed E-state index contributed by atoms with van der Waals surface area (Å²) in [4.78, 5) is 4.15. The Morgan fingerprint density at radius 1 is 1.64 bits per heavy atom. The average molecular weight is 151 g/mol. The molecule has 0 fully saturated rings. The van der Waals surface area contributed by atoms with E-state index in [2.05, 4.69) is 4.98 Å². The number of nitrogens with zero attached hydrogens (tertiary/aromatic N) is 1. The van der Waals surface area contributed by atoms with Crippen molar-refractivity contribution in [3.8, 4) is 5.75 Å². The van der Waals surface area contributed by atoms with E-state index < -0.39 is 0 Å². The number of hydrogen-bond acceptors (Lipinski definition) is 3. The molecule has 0 amide bonds. The fraction of sp³-hybridized carbons (Fsp3) is 0.375. The van der Waals surface area contributed by atoms with E-state index in [0.29, 0.717) is 0 Å². The van der Waals surface area contributed by atoms with E-state index >= 15 is 0 Å². The molecule has 0 spiro atoms. The van der Waals surface area contributed by atoms with E-state index in [1.165, 1.54) is 0 Å². The fourth-order valence-corrected chi connectivity index (χ4v) is 1.17. The van der Waals surface area contributed by atoms with Crippen molar-refractivity contribution in [1.82, 2.24) is 4.98 Å². The van der Waals surface area contributed by atoms with Gasteiger partial charge in [0.25, 0.3) is 0 Å². The Morgan fingerprint density at radius 2 is 2.55 bits per heavy atom. The van der Waals surface area contributed by atoms with Gasteiger partial charge in [0.1, 0.15) is 5.75 Å². The Kier molecular flexibility index (Phi) is 1.51. The van der Waals surface area contributed by atoms with Crippen LogP contribution in [0.3, 0.4) is 0 Å². The number of hydrogen-bond donors (Lipinski definition) is 1. The van der Waals surface area contributed by atoms with Crippen LogP contribution in [-0.4, -0.2) is 16.7 Å². The van der Waals surface area contributed by atoms with Gasteiger partial charge in [-0.3, -0.25) is 4.98 Å². The summed E-state index contributed by atoms with van der Waals surface area (Å²) < 4.78 is 5.27. The van der Waals surface area contributed by atoms with Crippen molar-refractivity contribution in [3.63, 3.8) is 0 Å². The summed E-state index contributed by atoms with van der Waals surface area (Å²) in [5, 5.41) is 8.77. The van der Waals surface area contributed by atoms with E-state index in [0.717, 1.165) is 30.0 Å². The lowest BCUT2D eigenvalue weighted by atomic mass is 10.2. The molecule has 0 bridgehead atoms. The molecule has 1 N–H and O–H groups in total. The predicted molar refractivity (Wildman–Crippen MR) is 39.4 cm³/mol. The van der Waals surface area contributed by atoms with Gasteiger partial charge in [0.05, 0.1) is 18.9 Å². The first-order valence-corrected chi connectivity index (χ1v) is 3.61. The molecule has 11 heavy (non-hydrogen) atoms. The topological polar surface area (TPSA) is 42.4 Å². The molecule has 1 aliphatic heterocycles. The van der Waals surface area contributed by atoms with Crippen molar-refractivity contribution in [2.45, 2.75) is 13.0 Å². The molecule has 0 radical (unpaired) electrons. The maximum atomic E-state index is 8.77. The molecule has 1 aromatic rings. The molecule has 0 atom stereocenters. The second-order valence-corrected chi connectivity index (χ2v) is 2.54. The summed E-state index contributed by atoms with van der Waals surface area (Å²) in [7, 11) is 0. The van der Waals surface area contributed by atoms with Crippen LogP contribution in [0.15, 0.2) is 12.3 Å². The van der Waals surface area contributed by atoms with Crippen LogP contribution < -0.4 is 4.74 Å². The smallest absolute Gasteiger partial charge is 0.141 e. The number of pyridine rings is 1. The van der Waals surface area contributed by atoms with Crippen molar-refractivity contribution in [2.24, 2.45) is 0 Å². The average Bonchev–Trinajstić information content (AvgIpc) is 2.50. The Hall–Kier alpha value is -1.09. The van der Waals surface area contributed by atoms with Crippen molar-refractivity contribution < 1.29 is 9.84 Å². The van der Waals surface area contributed by atoms with Gasteiger partial charge in [-0.15, -0.1) is 0 Å². The van der Waals surface area contributed by atoms with Crippen molar-refractivity contribution in [1.29, 1.82) is 0 Å². The first kappa shape index (κ1) is 6.61. The van der Waals surface area contributed by atoms with Gasteiger partial charge in [0.15, 0.2) is 0 Å². The second kappa shape index (κ2) is 2.51. The van der Waals surface area contributed by atoms with Gasteiger partial charge >= 0.3 is 0 Å². The van der Waals surface area contributed by atoms with Crippen molar-refractivity contribution in [2.75, 3.05) is 6.61 Å². The second-order valence-electron chi connectivity index (χ2n) is 2.54. The van der Waals surface area contributed by atoms with Crippen LogP contribution in [0.5, 0.6) is 5.75 Å². The molecule has 1 aromatic heterocycles. The zero-order chi connectivity index (χ0) is 7.68. The van der Waals surface area contributed by atoms with Gasteiger partial charge in [-0.1, -0.05) is 0 Å². The predicted octanol–water partition coefficient (Wildman–Crippen LogP) is 0.509. The van der Waals surface area contributed by atoms with Gasteiger partial charge < -0.3 is 9.84 Å². The lowest BCUT2D eigenvalue weighted by Gasteiger charge is -1.99. The largest absolute Gasteiger partial charge is 0.491 e. The van der Waals surface area contributed by atoms with Crippen LogP contribution in [0, 0.1) is 0 Å². The minimum absolute atomic E-state index is 0.0314. The van der Waals surface area contributed by atoms with Crippen LogP contribution in [0.4, 0.5) is 0 Å². The SMILES string of the molecule is OCc1cnc2c(c1)OCC2. The molecule has 0 saturated carbocycles. The normalized spacial score (nSPS) is 14.3. The number of aliphatic hydroxyl groups is 1. The molecular formula is C8H9NO2. The third kappa shape index (κ3) is 1.07. The summed E-state index contributed by atoms with van der Waals surface area (Å²) >= 11 is 0. The first-order chi connectivity index (χ1) is 5.40. The zero-order valence-electron chi connectivity index (χ0n) is 6.08. The highest BCUT2D eigenvalue weighted by Crippen LogP contribution is 2.23. The van der Waals surface area contributed by atoms with E-state index in [4.69, 9.17) is 9.84 Å². The van der Waals surface area contributed by atoms with Gasteiger partial charge in [0, 0.05) is 12.6 Å². The van der Waals surface area contributed by atoms with E-state index in [-0.39, 0.29) is 6.61 Å². The Morgan fingerprint density at radius 3 is 3.36 bits per heavy atom. The monoisotopic (exact) mass is 151 g/mol. The minimum Gasteiger partial charge on any atom is -0.491 e. The van der Waals surface area contributed by atoms with Gasteiger partial charge in [-0.2, -0.15) is 0 Å². The molecule has 0 aromatic carbocycles. The molecule has 0 unspecified atom stereocenters. The lowest BCUT2D eigenvalue weighted by molar-refractivity contribution is 0.280. The first-order valence-electron chi connectivity index (χ1n) is 3.61. The van der Waals surface area contributed by atoms with E-state index in [9.17, 15) is 0 Å². The fourth-order valence-electron chi connectivity index (χ4n) is 1.17. The van der Waals surface area contributed by atoms with Crippen LogP contribution in [0.25, 0.3) is 0 Å². The number of ether oxygens (including phenoxy) is 1. The van der Waals surface area contributed by atoms with Crippen LogP contribution in [0.2, 0.25) is 0 Å². The molecule has 3 heteroatoms. The molecule has 2 heterocycles. The highest BCUT2D eigenvalue weighted by molar-refractivity contribution is 5.33. The third-order valence-electron chi connectivity index (χ3n) is 1.77. The van der Waals surface area contributed by atoms with Crippen LogP contribution in [0.1, 0.15) is 11.3 Å². The molecular weight excluding hydrogens is 142 g/mol. The van der Waals surface area contributed by atoms with Crippen LogP contribution in [-0.2, 0) is 13.0 Å². The Labute approximate surface area is 64.6 Å². The van der Waals surface area contributed by atoms with Crippen molar-refractivity contribution in [3.05, 3.63) is 23.5 Å². The molecule has 3 nitrogen and oxygen atoms in total. The number of aromatic nitrogens is 1. The molecule has 1 aliphatic rings. The summed E-state index contributed by atoms with van der Waals surface area (Å²) in [6.07, 6.45) is 2.58. The minimum atomic E-state index is 0.0314. The molecule has 0 saturated heterocycles. The number of aliphatic hydroxyl groups excluding tert-OH is 1. The summed E-state index contributed by atoms with van der Waals surface area (Å²) in [6, 6.07) is 1.84. The van der Waals surface area contributed by atoms with Gasteiger partial charge in [-0.05, 0) is 11.6 Å². The maximum Gasteiger partial charge on any atom is 0.141 e. The van der Waals surface area contributed by atoms with E-state index in [1.54, 1.807) is 6.20 Å². The van der Waals surface area contributed by atoms with E-state index in [1.807, 2.05) is 6.07 Å². The van der Waals surface area contributed by atoms with Crippen LogP contribution >= 0.6 is 0 Å². The standard InChI is InChI=1S/C8H9NO2/c10-5-6-3-8-7(9-4-6)1-2-11-8/h3-4,10H,1-2,5H2. The Balaban J connectivity index is 2.41. The highest BCUT2D eigenvalue weighted by Gasteiger charge is 2.12. The molecule has 58 valence electrons. The summed E-state index contributed by atoms with van der Waals surface area (Å²) in [6.45, 7) is 0.751. The van der Waals surface area contributed by atoms with Gasteiger partial charge in [-0.25, -0.2) is 0 Å².